The molecule has 5 nitrogen and oxygen atoms in total. The fourth-order valence-corrected chi connectivity index (χ4v) is 2.94. The summed E-state index contributed by atoms with van der Waals surface area (Å²) in [6.07, 6.45) is 2.86. The maximum absolute atomic E-state index is 12.6. The van der Waals surface area contributed by atoms with Crippen LogP contribution in [0.5, 0.6) is 0 Å². The normalized spacial score (nSPS) is 19.4. The monoisotopic (exact) mass is 273 g/mol. The summed E-state index contributed by atoms with van der Waals surface area (Å²) in [5.41, 5.74) is 1.39. The Morgan fingerprint density at radius 2 is 2.30 bits per heavy atom. The molecule has 1 aliphatic heterocycles. The number of nitrogens with zero attached hydrogens (tertiary/aromatic N) is 2. The molecule has 1 amide bonds. The second kappa shape index (κ2) is 5.63. The number of carbonyl (C=O) groups excluding carboxylic acids is 1. The van der Waals surface area contributed by atoms with Gasteiger partial charge in [-0.3, -0.25) is 9.89 Å². The van der Waals surface area contributed by atoms with Crippen LogP contribution in [0.4, 0.5) is 0 Å². The minimum atomic E-state index is -0.00918. The highest BCUT2D eigenvalue weighted by atomic mass is 16.3. The van der Waals surface area contributed by atoms with Crippen molar-refractivity contribution in [2.75, 3.05) is 19.7 Å². The van der Waals surface area contributed by atoms with Crippen LogP contribution in [0.3, 0.4) is 0 Å². The summed E-state index contributed by atoms with van der Waals surface area (Å²) >= 11 is 0. The Labute approximate surface area is 117 Å². The third-order valence-electron chi connectivity index (χ3n) is 4.02. The van der Waals surface area contributed by atoms with Gasteiger partial charge in [-0.05, 0) is 31.2 Å². The predicted octanol–water partition coefficient (Wildman–Crippen LogP) is 1.80. The van der Waals surface area contributed by atoms with E-state index in [1.54, 1.807) is 0 Å². The summed E-state index contributed by atoms with van der Waals surface area (Å²) in [7, 11) is 0. The molecule has 1 saturated heterocycles. The number of hydrogen-bond donors (Lipinski definition) is 2. The van der Waals surface area contributed by atoms with Crippen LogP contribution in [0.25, 0.3) is 10.9 Å². The SMILES string of the molecule is O=C(c1n[nH]c2ccccc12)N1CCCC(CCO)C1. The Hall–Kier alpha value is -1.88. The van der Waals surface area contributed by atoms with Gasteiger partial charge in [0, 0.05) is 25.1 Å². The number of aliphatic hydroxyl groups excluding tert-OH is 1. The molecular formula is C15H19N3O2. The Kier molecular flexibility index (Phi) is 3.69. The molecular weight excluding hydrogens is 254 g/mol. The number of benzene rings is 1. The molecule has 0 spiro atoms. The van der Waals surface area contributed by atoms with Gasteiger partial charge >= 0.3 is 0 Å². The molecule has 106 valence electrons. The Balaban J connectivity index is 1.81. The van der Waals surface area contributed by atoms with Gasteiger partial charge in [-0.2, -0.15) is 5.10 Å². The zero-order valence-electron chi connectivity index (χ0n) is 11.4. The lowest BCUT2D eigenvalue weighted by Crippen LogP contribution is -2.40. The zero-order chi connectivity index (χ0) is 13.9. The van der Waals surface area contributed by atoms with E-state index in [1.807, 2.05) is 29.2 Å². The third-order valence-corrected chi connectivity index (χ3v) is 4.02. The van der Waals surface area contributed by atoms with Gasteiger partial charge in [-0.15, -0.1) is 0 Å². The first kappa shape index (κ1) is 13.1. The number of aromatic nitrogens is 2. The summed E-state index contributed by atoms with van der Waals surface area (Å²) in [5, 5.41) is 17.0. The van der Waals surface area contributed by atoms with Crippen molar-refractivity contribution in [1.82, 2.24) is 15.1 Å². The third kappa shape index (κ3) is 2.41. The van der Waals surface area contributed by atoms with Gasteiger partial charge in [0.05, 0.1) is 5.52 Å². The van der Waals surface area contributed by atoms with Crippen LogP contribution in [0.15, 0.2) is 24.3 Å². The fourth-order valence-electron chi connectivity index (χ4n) is 2.94. The number of H-pyrrole nitrogens is 1. The summed E-state index contributed by atoms with van der Waals surface area (Å²) in [5.74, 6) is 0.396. The number of amides is 1. The minimum Gasteiger partial charge on any atom is -0.396 e. The van der Waals surface area contributed by atoms with Crippen molar-refractivity contribution in [3.63, 3.8) is 0 Å². The molecule has 1 aromatic carbocycles. The highest BCUT2D eigenvalue weighted by Crippen LogP contribution is 2.23. The van der Waals surface area contributed by atoms with Crippen molar-refractivity contribution in [3.8, 4) is 0 Å². The Bertz CT molecular complexity index is 606. The van der Waals surface area contributed by atoms with Crippen LogP contribution in [0.2, 0.25) is 0 Å². The van der Waals surface area contributed by atoms with E-state index in [0.717, 1.165) is 43.3 Å². The van der Waals surface area contributed by atoms with Crippen LogP contribution in [-0.2, 0) is 0 Å². The molecule has 0 saturated carbocycles. The zero-order valence-corrected chi connectivity index (χ0v) is 11.4. The summed E-state index contributed by atoms with van der Waals surface area (Å²) in [6, 6.07) is 7.68. The lowest BCUT2D eigenvalue weighted by atomic mass is 9.95. The highest BCUT2D eigenvalue weighted by molar-refractivity contribution is 6.04. The van der Waals surface area contributed by atoms with Gasteiger partial charge in [0.15, 0.2) is 5.69 Å². The molecule has 2 aromatic rings. The molecule has 0 radical (unpaired) electrons. The van der Waals surface area contributed by atoms with E-state index in [1.165, 1.54) is 0 Å². The quantitative estimate of drug-likeness (QED) is 0.896. The molecule has 5 heteroatoms. The smallest absolute Gasteiger partial charge is 0.275 e. The number of rotatable bonds is 3. The molecule has 1 aliphatic rings. The summed E-state index contributed by atoms with van der Waals surface area (Å²) in [6.45, 7) is 1.70. The number of aliphatic hydroxyl groups is 1. The molecule has 0 bridgehead atoms. The van der Waals surface area contributed by atoms with Crippen molar-refractivity contribution in [3.05, 3.63) is 30.0 Å². The van der Waals surface area contributed by atoms with Gasteiger partial charge in [0.1, 0.15) is 0 Å². The standard InChI is InChI=1S/C15H19N3O2/c19-9-7-11-4-3-8-18(10-11)15(20)14-12-5-1-2-6-13(12)16-17-14/h1-2,5-6,11,19H,3-4,7-10H2,(H,16,17). The van der Waals surface area contributed by atoms with E-state index in [-0.39, 0.29) is 12.5 Å². The number of fused-ring (bicyclic) bond motifs is 1. The number of aromatic amines is 1. The van der Waals surface area contributed by atoms with Gasteiger partial charge in [-0.25, -0.2) is 0 Å². The van der Waals surface area contributed by atoms with E-state index in [9.17, 15) is 4.79 Å². The molecule has 2 heterocycles. The summed E-state index contributed by atoms with van der Waals surface area (Å²) < 4.78 is 0. The topological polar surface area (TPSA) is 69.2 Å². The van der Waals surface area contributed by atoms with Crippen LogP contribution >= 0.6 is 0 Å². The molecule has 3 rings (SSSR count). The minimum absolute atomic E-state index is 0.00918. The molecule has 1 unspecified atom stereocenters. The number of para-hydroxylation sites is 1. The van der Waals surface area contributed by atoms with Gasteiger partial charge in [-0.1, -0.05) is 18.2 Å². The molecule has 2 N–H and O–H groups in total. The fraction of sp³-hybridized carbons (Fsp3) is 0.467. The molecule has 20 heavy (non-hydrogen) atoms. The number of hydrogen-bond acceptors (Lipinski definition) is 3. The van der Waals surface area contributed by atoms with Crippen molar-refractivity contribution >= 4 is 16.8 Å². The molecule has 1 aromatic heterocycles. The van der Waals surface area contributed by atoms with E-state index >= 15 is 0 Å². The van der Waals surface area contributed by atoms with Crippen molar-refractivity contribution in [1.29, 1.82) is 0 Å². The largest absolute Gasteiger partial charge is 0.396 e. The number of carbonyl (C=O) groups is 1. The molecule has 1 fully saturated rings. The Morgan fingerprint density at radius 1 is 1.45 bits per heavy atom. The second-order valence-electron chi connectivity index (χ2n) is 5.39. The highest BCUT2D eigenvalue weighted by Gasteiger charge is 2.26. The molecule has 0 aliphatic carbocycles. The van der Waals surface area contributed by atoms with Gasteiger partial charge in [0.25, 0.3) is 5.91 Å². The average molecular weight is 273 g/mol. The summed E-state index contributed by atoms with van der Waals surface area (Å²) in [4.78, 5) is 14.5. The van der Waals surface area contributed by atoms with Gasteiger partial charge in [0.2, 0.25) is 0 Å². The van der Waals surface area contributed by atoms with E-state index < -0.39 is 0 Å². The second-order valence-corrected chi connectivity index (χ2v) is 5.39. The lowest BCUT2D eigenvalue weighted by molar-refractivity contribution is 0.0649. The average Bonchev–Trinajstić information content (AvgIpc) is 2.91. The van der Waals surface area contributed by atoms with Crippen molar-refractivity contribution in [2.45, 2.75) is 19.3 Å². The van der Waals surface area contributed by atoms with Crippen LogP contribution in [0, 0.1) is 5.92 Å². The molecule has 1 atom stereocenters. The van der Waals surface area contributed by atoms with Crippen LogP contribution < -0.4 is 0 Å². The number of piperidine rings is 1. The number of nitrogens with one attached hydrogen (secondary N) is 1. The van der Waals surface area contributed by atoms with Crippen molar-refractivity contribution in [2.24, 2.45) is 5.92 Å². The first-order valence-electron chi connectivity index (χ1n) is 7.13. The van der Waals surface area contributed by atoms with Gasteiger partial charge < -0.3 is 10.0 Å². The van der Waals surface area contributed by atoms with E-state index in [4.69, 9.17) is 5.11 Å². The number of likely N-dealkylation sites (tertiary alicyclic amines) is 1. The van der Waals surface area contributed by atoms with Crippen LogP contribution in [0.1, 0.15) is 29.8 Å². The maximum atomic E-state index is 12.6. The first-order valence-corrected chi connectivity index (χ1v) is 7.13. The van der Waals surface area contributed by atoms with E-state index in [2.05, 4.69) is 10.2 Å². The van der Waals surface area contributed by atoms with Crippen LogP contribution in [-0.4, -0.2) is 45.8 Å². The lowest BCUT2D eigenvalue weighted by Gasteiger charge is -2.32. The first-order chi connectivity index (χ1) is 9.79. The van der Waals surface area contributed by atoms with E-state index in [0.29, 0.717) is 11.6 Å². The predicted molar refractivity (Wildman–Crippen MR) is 76.4 cm³/mol. The van der Waals surface area contributed by atoms with Crippen molar-refractivity contribution < 1.29 is 9.90 Å². The Morgan fingerprint density at radius 3 is 3.15 bits per heavy atom. The maximum Gasteiger partial charge on any atom is 0.275 e.